The second-order valence-corrected chi connectivity index (χ2v) is 6.66. The van der Waals surface area contributed by atoms with E-state index in [0.29, 0.717) is 11.5 Å². The van der Waals surface area contributed by atoms with Gasteiger partial charge in [-0.15, -0.1) is 10.1 Å². The Balaban J connectivity index is 1.76. The predicted molar refractivity (Wildman–Crippen MR) is 95.5 cm³/mol. The maximum atomic E-state index is 12.0. The lowest BCUT2D eigenvalue weighted by atomic mass is 9.86. The van der Waals surface area contributed by atoms with Crippen molar-refractivity contribution in [1.29, 1.82) is 0 Å². The van der Waals surface area contributed by atoms with Gasteiger partial charge >= 0.3 is 6.16 Å². The molecule has 0 spiro atoms. The van der Waals surface area contributed by atoms with Crippen molar-refractivity contribution in [2.45, 2.75) is 51.9 Å². The van der Waals surface area contributed by atoms with Crippen LogP contribution < -0.4 is 9.88 Å². The summed E-state index contributed by atoms with van der Waals surface area (Å²) in [5, 5.41) is 11.6. The Morgan fingerprint density at radius 3 is 2.82 bits per heavy atom. The van der Waals surface area contributed by atoms with Gasteiger partial charge in [-0.1, -0.05) is 19.3 Å². The molecule has 0 saturated heterocycles. The van der Waals surface area contributed by atoms with Gasteiger partial charge in [0.05, 0.1) is 0 Å². The van der Waals surface area contributed by atoms with Crippen LogP contribution in [0.2, 0.25) is 0 Å². The standard InChI is InChI=1S/C18H25N3O7/c1-14(15-6-3-2-4-7-15)28-18(23)26-13-20-10-5-8-16(12-20)17(22)19-9-11-27-21(24)25/h5,8,10,12,14-15H,2-4,6-7,9,11,13H2,1H3/p+1/t14-/m1/s1. The number of carbonyl (C=O) groups excluding carboxylic acids is 2. The van der Waals surface area contributed by atoms with E-state index < -0.39 is 17.1 Å². The van der Waals surface area contributed by atoms with Crippen molar-refractivity contribution < 1.29 is 33.6 Å². The highest BCUT2D eigenvalue weighted by Crippen LogP contribution is 2.27. The third-order valence-corrected chi connectivity index (χ3v) is 4.63. The number of rotatable bonds is 9. The second kappa shape index (κ2) is 11.1. The molecule has 10 nitrogen and oxygen atoms in total. The van der Waals surface area contributed by atoms with Crippen LogP contribution in [-0.4, -0.2) is 36.4 Å². The van der Waals surface area contributed by atoms with Crippen LogP contribution >= 0.6 is 0 Å². The van der Waals surface area contributed by atoms with E-state index in [1.165, 1.54) is 17.2 Å². The Hall–Kier alpha value is -2.91. The molecule has 1 aromatic rings. The van der Waals surface area contributed by atoms with Gasteiger partial charge in [-0.2, -0.15) is 4.57 Å². The fourth-order valence-corrected chi connectivity index (χ4v) is 3.14. The maximum absolute atomic E-state index is 12.0. The Morgan fingerprint density at radius 2 is 2.11 bits per heavy atom. The van der Waals surface area contributed by atoms with Crippen LogP contribution in [0.5, 0.6) is 0 Å². The molecule has 1 heterocycles. The minimum atomic E-state index is -0.922. The summed E-state index contributed by atoms with van der Waals surface area (Å²) in [6.45, 7) is 1.55. The summed E-state index contributed by atoms with van der Waals surface area (Å²) in [4.78, 5) is 38.1. The first-order valence-corrected chi connectivity index (χ1v) is 9.33. The molecule has 154 valence electrons. The topological polar surface area (TPSA) is 121 Å². The molecule has 1 N–H and O–H groups in total. The number of nitrogens with zero attached hydrogens (tertiary/aromatic N) is 2. The van der Waals surface area contributed by atoms with Crippen LogP contribution in [0.4, 0.5) is 4.79 Å². The zero-order valence-electron chi connectivity index (χ0n) is 15.9. The normalized spacial score (nSPS) is 15.3. The van der Waals surface area contributed by atoms with E-state index in [4.69, 9.17) is 9.47 Å². The molecular weight excluding hydrogens is 370 g/mol. The number of carbonyl (C=O) groups is 2. The van der Waals surface area contributed by atoms with Gasteiger partial charge in [0, 0.05) is 12.6 Å². The molecule has 10 heteroatoms. The SMILES string of the molecule is C[C@@H](OC(=O)OC[n+]1cccc(C(=O)NCCO[N+](=O)[O-])c1)C1CCCCC1. The molecule has 1 aliphatic rings. The average molecular weight is 396 g/mol. The highest BCUT2D eigenvalue weighted by atomic mass is 16.9. The summed E-state index contributed by atoms with van der Waals surface area (Å²) < 4.78 is 12.0. The quantitative estimate of drug-likeness (QED) is 0.223. The molecular formula is C18H26N3O7+. The van der Waals surface area contributed by atoms with Crippen LogP contribution in [0.3, 0.4) is 0 Å². The zero-order chi connectivity index (χ0) is 20.4. The minimum Gasteiger partial charge on any atom is -0.431 e. The van der Waals surface area contributed by atoms with Gasteiger partial charge in [0.2, 0.25) is 0 Å². The average Bonchev–Trinajstić information content (AvgIpc) is 2.70. The molecule has 28 heavy (non-hydrogen) atoms. The Morgan fingerprint density at radius 1 is 1.36 bits per heavy atom. The minimum absolute atomic E-state index is 0.00338. The van der Waals surface area contributed by atoms with Crippen molar-refractivity contribution in [1.82, 2.24) is 5.32 Å². The molecule has 1 fully saturated rings. The highest BCUT2D eigenvalue weighted by Gasteiger charge is 2.24. The molecule has 0 aromatic carbocycles. The van der Waals surface area contributed by atoms with Gasteiger partial charge in [0.15, 0.2) is 12.4 Å². The summed E-state index contributed by atoms with van der Waals surface area (Å²) in [5.41, 5.74) is 0.316. The largest absolute Gasteiger partial charge is 0.513 e. The van der Waals surface area contributed by atoms with E-state index in [-0.39, 0.29) is 26.0 Å². The Labute approximate surface area is 162 Å². The third kappa shape index (κ3) is 7.37. The Kier molecular flexibility index (Phi) is 8.44. The van der Waals surface area contributed by atoms with Crippen molar-refractivity contribution in [2.75, 3.05) is 13.2 Å². The molecule has 0 unspecified atom stereocenters. The zero-order valence-corrected chi connectivity index (χ0v) is 15.9. The van der Waals surface area contributed by atoms with Crippen molar-refractivity contribution in [3.05, 3.63) is 40.2 Å². The van der Waals surface area contributed by atoms with E-state index in [9.17, 15) is 19.7 Å². The van der Waals surface area contributed by atoms with E-state index in [1.54, 1.807) is 18.3 Å². The van der Waals surface area contributed by atoms with Crippen LogP contribution in [0.25, 0.3) is 0 Å². The molecule has 2 rings (SSSR count). The smallest absolute Gasteiger partial charge is 0.431 e. The van der Waals surface area contributed by atoms with Crippen LogP contribution in [0, 0.1) is 16.0 Å². The molecule has 1 saturated carbocycles. The van der Waals surface area contributed by atoms with Crippen molar-refractivity contribution in [2.24, 2.45) is 5.92 Å². The molecule has 0 radical (unpaired) electrons. The summed E-state index contributed by atoms with van der Waals surface area (Å²) in [7, 11) is 0. The number of nitrogens with one attached hydrogen (secondary N) is 1. The van der Waals surface area contributed by atoms with Crippen molar-refractivity contribution in [3.8, 4) is 0 Å². The van der Waals surface area contributed by atoms with Gasteiger partial charge in [-0.05, 0) is 31.7 Å². The molecule has 1 aliphatic carbocycles. The molecule has 1 atom stereocenters. The van der Waals surface area contributed by atoms with E-state index in [0.717, 1.165) is 25.7 Å². The monoisotopic (exact) mass is 396 g/mol. The van der Waals surface area contributed by atoms with Crippen LogP contribution in [-0.2, 0) is 21.0 Å². The van der Waals surface area contributed by atoms with Gasteiger partial charge in [-0.3, -0.25) is 4.79 Å². The van der Waals surface area contributed by atoms with E-state index in [2.05, 4.69) is 10.2 Å². The number of aromatic nitrogens is 1. The Bertz CT molecular complexity index is 677. The number of pyridine rings is 1. The van der Waals surface area contributed by atoms with Gasteiger partial charge < -0.3 is 19.6 Å². The lowest BCUT2D eigenvalue weighted by Crippen LogP contribution is -2.38. The van der Waals surface area contributed by atoms with E-state index in [1.807, 2.05) is 6.92 Å². The molecule has 1 aromatic heterocycles. The first-order chi connectivity index (χ1) is 13.5. The summed E-state index contributed by atoms with van der Waals surface area (Å²) in [6.07, 6.45) is 7.91. The molecule has 0 aliphatic heterocycles. The van der Waals surface area contributed by atoms with Crippen LogP contribution in [0.15, 0.2) is 24.5 Å². The van der Waals surface area contributed by atoms with Gasteiger partial charge in [-0.25, -0.2) is 4.79 Å². The fourth-order valence-electron chi connectivity index (χ4n) is 3.14. The van der Waals surface area contributed by atoms with Gasteiger partial charge in [0.25, 0.3) is 17.7 Å². The van der Waals surface area contributed by atoms with Crippen molar-refractivity contribution in [3.63, 3.8) is 0 Å². The lowest BCUT2D eigenvalue weighted by Gasteiger charge is -2.26. The van der Waals surface area contributed by atoms with Crippen molar-refractivity contribution >= 4 is 12.1 Å². The number of hydrogen-bond donors (Lipinski definition) is 1. The third-order valence-electron chi connectivity index (χ3n) is 4.63. The predicted octanol–water partition coefficient (Wildman–Crippen LogP) is 1.99. The first-order valence-electron chi connectivity index (χ1n) is 9.33. The molecule has 0 bridgehead atoms. The van der Waals surface area contributed by atoms with Crippen LogP contribution in [0.1, 0.15) is 49.4 Å². The fraction of sp³-hybridized carbons (Fsp3) is 0.611. The highest BCUT2D eigenvalue weighted by molar-refractivity contribution is 5.93. The lowest BCUT2D eigenvalue weighted by molar-refractivity contribution is -0.757. The number of hydrogen-bond acceptors (Lipinski definition) is 7. The summed E-state index contributed by atoms with van der Waals surface area (Å²) in [6, 6.07) is 3.20. The van der Waals surface area contributed by atoms with E-state index >= 15 is 0 Å². The maximum Gasteiger partial charge on any atom is 0.513 e. The number of amides is 1. The first kappa shape index (κ1) is 21.4. The molecule has 1 amide bonds. The second-order valence-electron chi connectivity index (χ2n) is 6.66. The summed E-state index contributed by atoms with van der Waals surface area (Å²) >= 11 is 0. The number of ether oxygens (including phenoxy) is 2. The summed E-state index contributed by atoms with van der Waals surface area (Å²) in [5.74, 6) is -0.0462. The van der Waals surface area contributed by atoms with Gasteiger partial charge in [0.1, 0.15) is 18.3 Å².